The zero-order valence-electron chi connectivity index (χ0n) is 18.6. The first-order valence-corrected chi connectivity index (χ1v) is 11.3. The van der Waals surface area contributed by atoms with Crippen molar-refractivity contribution in [1.82, 2.24) is 9.88 Å². The summed E-state index contributed by atoms with van der Waals surface area (Å²) in [7, 11) is 0. The highest BCUT2D eigenvalue weighted by molar-refractivity contribution is 6.30. The number of pyridine rings is 1. The molecule has 2 amide bonds. The van der Waals surface area contributed by atoms with Crippen molar-refractivity contribution >= 4 is 34.9 Å². The Kier molecular flexibility index (Phi) is 7.25. The topological polar surface area (TPSA) is 65.5 Å². The molecule has 1 saturated heterocycles. The van der Waals surface area contributed by atoms with E-state index in [1.807, 2.05) is 4.90 Å². The van der Waals surface area contributed by atoms with Crippen LogP contribution in [-0.2, 0) is 6.18 Å². The zero-order chi connectivity index (χ0) is 25.0. The zero-order valence-corrected chi connectivity index (χ0v) is 19.3. The van der Waals surface area contributed by atoms with Gasteiger partial charge in [0.1, 0.15) is 5.82 Å². The van der Waals surface area contributed by atoms with E-state index >= 15 is 0 Å². The summed E-state index contributed by atoms with van der Waals surface area (Å²) >= 11 is 5.85. The highest BCUT2D eigenvalue weighted by Crippen LogP contribution is 2.29. The lowest BCUT2D eigenvalue weighted by Crippen LogP contribution is -2.35. The lowest BCUT2D eigenvalue weighted by molar-refractivity contribution is -0.137. The molecular weight excluding hydrogens is 481 g/mol. The van der Waals surface area contributed by atoms with Crippen LogP contribution in [0.15, 0.2) is 66.9 Å². The number of benzene rings is 2. The molecule has 2 heterocycles. The second-order valence-corrected chi connectivity index (χ2v) is 8.51. The molecule has 6 nitrogen and oxygen atoms in total. The molecule has 0 bridgehead atoms. The molecule has 0 radical (unpaired) electrons. The molecule has 1 aliphatic rings. The Balaban J connectivity index is 1.35. The van der Waals surface area contributed by atoms with E-state index in [0.29, 0.717) is 54.7 Å². The molecule has 0 unspecified atom stereocenters. The third-order valence-corrected chi connectivity index (χ3v) is 5.93. The smallest absolute Gasteiger partial charge is 0.355 e. The summed E-state index contributed by atoms with van der Waals surface area (Å²) in [6.07, 6.45) is -2.19. The summed E-state index contributed by atoms with van der Waals surface area (Å²) in [5.74, 6) is 0.135. The highest BCUT2D eigenvalue weighted by Gasteiger charge is 2.30. The number of alkyl halides is 3. The van der Waals surface area contributed by atoms with Crippen LogP contribution in [-0.4, -0.2) is 47.9 Å². The van der Waals surface area contributed by atoms with Gasteiger partial charge in [-0.05, 0) is 67.1 Å². The first kappa shape index (κ1) is 24.5. The number of rotatable bonds is 4. The van der Waals surface area contributed by atoms with Gasteiger partial charge in [-0.3, -0.25) is 9.59 Å². The van der Waals surface area contributed by atoms with Gasteiger partial charge in [-0.15, -0.1) is 0 Å². The van der Waals surface area contributed by atoms with Gasteiger partial charge in [0.05, 0.1) is 17.4 Å². The minimum atomic E-state index is -4.44. The van der Waals surface area contributed by atoms with Crippen LogP contribution in [0.4, 0.5) is 24.7 Å². The van der Waals surface area contributed by atoms with Crippen LogP contribution < -0.4 is 10.2 Å². The lowest BCUT2D eigenvalue weighted by atomic mass is 10.1. The molecule has 1 aliphatic heterocycles. The summed E-state index contributed by atoms with van der Waals surface area (Å²) < 4.78 is 38.3. The first-order valence-electron chi connectivity index (χ1n) is 11.0. The minimum Gasteiger partial charge on any atom is -0.355 e. The third-order valence-electron chi connectivity index (χ3n) is 5.68. The second-order valence-electron chi connectivity index (χ2n) is 8.07. The van der Waals surface area contributed by atoms with Crippen molar-refractivity contribution in [2.24, 2.45) is 0 Å². The summed E-state index contributed by atoms with van der Waals surface area (Å²) in [6.45, 7) is 2.10. The molecule has 2 aromatic carbocycles. The van der Waals surface area contributed by atoms with Crippen LogP contribution in [0.25, 0.3) is 0 Å². The van der Waals surface area contributed by atoms with Crippen LogP contribution in [0.1, 0.15) is 32.7 Å². The van der Waals surface area contributed by atoms with Gasteiger partial charge >= 0.3 is 6.18 Å². The fourth-order valence-corrected chi connectivity index (χ4v) is 3.91. The molecular formula is C25H22ClF3N4O2. The Morgan fingerprint density at radius 3 is 2.17 bits per heavy atom. The van der Waals surface area contributed by atoms with Crippen molar-refractivity contribution in [1.29, 1.82) is 0 Å². The first-order chi connectivity index (χ1) is 16.7. The average molecular weight is 503 g/mol. The molecule has 0 atom stereocenters. The number of hydrogen-bond acceptors (Lipinski definition) is 4. The molecule has 3 aromatic rings. The van der Waals surface area contributed by atoms with E-state index in [-0.39, 0.29) is 17.4 Å². The van der Waals surface area contributed by atoms with Gasteiger partial charge in [0.25, 0.3) is 11.8 Å². The number of nitrogens with one attached hydrogen (secondary N) is 1. The van der Waals surface area contributed by atoms with Crippen molar-refractivity contribution in [3.8, 4) is 0 Å². The SMILES string of the molecule is O=C(Nc1ccc(N2CCCN(C(=O)c3ccc(C(F)(F)F)cc3)CC2)nc1)c1ccc(Cl)cc1. The van der Waals surface area contributed by atoms with Crippen molar-refractivity contribution in [3.63, 3.8) is 0 Å². The van der Waals surface area contributed by atoms with Crippen LogP contribution in [0.3, 0.4) is 0 Å². The van der Waals surface area contributed by atoms with Crippen LogP contribution in [0.2, 0.25) is 5.02 Å². The number of carbonyl (C=O) groups excluding carboxylic acids is 2. The number of anilines is 2. The predicted octanol–water partition coefficient (Wildman–Crippen LogP) is 5.36. The van der Waals surface area contributed by atoms with Gasteiger partial charge in [0.2, 0.25) is 0 Å². The Bertz CT molecular complexity index is 1180. The molecule has 0 spiro atoms. The van der Waals surface area contributed by atoms with E-state index in [0.717, 1.165) is 12.1 Å². The summed E-state index contributed by atoms with van der Waals surface area (Å²) in [5.41, 5.74) is 0.465. The highest BCUT2D eigenvalue weighted by atomic mass is 35.5. The number of nitrogens with zero attached hydrogens (tertiary/aromatic N) is 3. The minimum absolute atomic E-state index is 0.227. The average Bonchev–Trinajstić information content (AvgIpc) is 3.10. The molecule has 0 aliphatic carbocycles. The van der Waals surface area contributed by atoms with Crippen LogP contribution in [0.5, 0.6) is 0 Å². The van der Waals surface area contributed by atoms with Crippen molar-refractivity contribution in [2.45, 2.75) is 12.6 Å². The molecule has 0 saturated carbocycles. The summed E-state index contributed by atoms with van der Waals surface area (Å²) in [6, 6.07) is 14.4. The maximum absolute atomic E-state index is 12.8. The molecule has 1 N–H and O–H groups in total. The van der Waals surface area contributed by atoms with Crippen LogP contribution in [0, 0.1) is 0 Å². The van der Waals surface area contributed by atoms with Gasteiger partial charge in [-0.25, -0.2) is 4.98 Å². The largest absolute Gasteiger partial charge is 0.416 e. The quantitative estimate of drug-likeness (QED) is 0.522. The van der Waals surface area contributed by atoms with Gasteiger partial charge in [0, 0.05) is 42.3 Å². The fourth-order valence-electron chi connectivity index (χ4n) is 3.79. The van der Waals surface area contributed by atoms with Gasteiger partial charge < -0.3 is 15.1 Å². The third kappa shape index (κ3) is 6.10. The molecule has 4 rings (SSSR count). The van der Waals surface area contributed by atoms with E-state index in [1.165, 1.54) is 12.1 Å². The Morgan fingerprint density at radius 1 is 0.857 bits per heavy atom. The van der Waals surface area contributed by atoms with Gasteiger partial charge in [-0.1, -0.05) is 11.6 Å². The summed E-state index contributed by atoms with van der Waals surface area (Å²) in [5, 5.41) is 3.33. The normalized spacial score (nSPS) is 14.4. The maximum atomic E-state index is 12.8. The number of amides is 2. The van der Waals surface area contributed by atoms with E-state index < -0.39 is 11.7 Å². The molecule has 182 valence electrons. The van der Waals surface area contributed by atoms with Gasteiger partial charge in [0.15, 0.2) is 0 Å². The van der Waals surface area contributed by atoms with E-state index in [4.69, 9.17) is 11.6 Å². The maximum Gasteiger partial charge on any atom is 0.416 e. The van der Waals surface area contributed by atoms with Gasteiger partial charge in [-0.2, -0.15) is 13.2 Å². The number of halogens is 4. The predicted molar refractivity (Wildman–Crippen MR) is 128 cm³/mol. The molecule has 10 heteroatoms. The van der Waals surface area contributed by atoms with E-state index in [2.05, 4.69) is 10.3 Å². The lowest BCUT2D eigenvalue weighted by Gasteiger charge is -2.23. The van der Waals surface area contributed by atoms with Crippen molar-refractivity contribution in [3.05, 3.63) is 88.6 Å². The number of aromatic nitrogens is 1. The standard InChI is InChI=1S/C25H22ClF3N4O2/c26-20-8-4-17(5-9-20)23(34)31-21-10-11-22(30-16-21)32-12-1-13-33(15-14-32)24(35)18-2-6-19(7-3-18)25(27,28)29/h2-11,16H,1,12-15H2,(H,31,34). The van der Waals surface area contributed by atoms with Crippen molar-refractivity contribution in [2.75, 3.05) is 36.4 Å². The summed E-state index contributed by atoms with van der Waals surface area (Å²) in [4.78, 5) is 33.3. The second kappa shape index (κ2) is 10.4. The monoisotopic (exact) mass is 502 g/mol. The Labute approximate surface area is 205 Å². The number of carbonyl (C=O) groups is 2. The number of hydrogen-bond donors (Lipinski definition) is 1. The van der Waals surface area contributed by atoms with E-state index in [1.54, 1.807) is 47.5 Å². The molecule has 1 fully saturated rings. The van der Waals surface area contributed by atoms with E-state index in [9.17, 15) is 22.8 Å². The van der Waals surface area contributed by atoms with Crippen LogP contribution >= 0.6 is 11.6 Å². The fraction of sp³-hybridized carbons (Fsp3) is 0.240. The molecule has 1 aromatic heterocycles. The Hall–Kier alpha value is -3.59. The Morgan fingerprint density at radius 2 is 1.54 bits per heavy atom. The van der Waals surface area contributed by atoms with Crippen molar-refractivity contribution < 1.29 is 22.8 Å². The molecule has 35 heavy (non-hydrogen) atoms.